The molecule has 1 saturated carbocycles. The molecule has 5 heteroatoms. The smallest absolute Gasteiger partial charge is 0.318 e. The van der Waals surface area contributed by atoms with Crippen LogP contribution in [-0.4, -0.2) is 28.5 Å². The van der Waals surface area contributed by atoms with E-state index in [1.54, 1.807) is 19.2 Å². The predicted octanol–water partition coefficient (Wildman–Crippen LogP) is 4.04. The minimum Gasteiger partial charge on any atom is -0.330 e. The van der Waals surface area contributed by atoms with Crippen molar-refractivity contribution in [1.82, 2.24) is 15.2 Å². The van der Waals surface area contributed by atoms with E-state index in [9.17, 15) is 9.18 Å². The van der Waals surface area contributed by atoms with Crippen molar-refractivity contribution in [3.8, 4) is 0 Å². The number of hydrogen-bond donors (Lipinski definition) is 1. The normalized spacial score (nSPS) is 23.2. The molecule has 0 spiro atoms. The zero-order valence-corrected chi connectivity index (χ0v) is 13.8. The SMILES string of the molecule is C[C@H](NC(=O)N1CCCC1CC1CCCC1)c1ncccc1F. The molecule has 23 heavy (non-hydrogen) atoms. The van der Waals surface area contributed by atoms with E-state index in [2.05, 4.69) is 10.3 Å². The third-order valence-corrected chi connectivity index (χ3v) is 5.26. The van der Waals surface area contributed by atoms with Crippen molar-refractivity contribution in [1.29, 1.82) is 0 Å². The summed E-state index contributed by atoms with van der Waals surface area (Å²) >= 11 is 0. The lowest BCUT2D eigenvalue weighted by Crippen LogP contribution is -2.44. The topological polar surface area (TPSA) is 45.2 Å². The number of nitrogens with one attached hydrogen (secondary N) is 1. The van der Waals surface area contributed by atoms with Crippen molar-refractivity contribution in [2.75, 3.05) is 6.54 Å². The molecule has 0 bridgehead atoms. The zero-order chi connectivity index (χ0) is 16.2. The molecule has 1 aliphatic carbocycles. The molecule has 1 unspecified atom stereocenters. The van der Waals surface area contributed by atoms with Crippen LogP contribution in [0.4, 0.5) is 9.18 Å². The zero-order valence-electron chi connectivity index (χ0n) is 13.8. The molecule has 1 aromatic rings. The summed E-state index contributed by atoms with van der Waals surface area (Å²) in [6.45, 7) is 2.59. The van der Waals surface area contributed by atoms with Crippen LogP contribution >= 0.6 is 0 Å². The Labute approximate surface area is 137 Å². The van der Waals surface area contributed by atoms with Crippen molar-refractivity contribution in [3.63, 3.8) is 0 Å². The van der Waals surface area contributed by atoms with Crippen molar-refractivity contribution in [3.05, 3.63) is 29.8 Å². The fraction of sp³-hybridized carbons (Fsp3) is 0.667. The number of aromatic nitrogens is 1. The number of amides is 2. The molecule has 2 fully saturated rings. The van der Waals surface area contributed by atoms with Crippen molar-refractivity contribution >= 4 is 6.03 Å². The summed E-state index contributed by atoms with van der Waals surface area (Å²) in [6.07, 6.45) is 10.1. The molecule has 4 nitrogen and oxygen atoms in total. The van der Waals surface area contributed by atoms with Gasteiger partial charge in [-0.25, -0.2) is 9.18 Å². The van der Waals surface area contributed by atoms with E-state index in [0.717, 1.165) is 31.7 Å². The van der Waals surface area contributed by atoms with Gasteiger partial charge in [0.25, 0.3) is 0 Å². The van der Waals surface area contributed by atoms with E-state index in [-0.39, 0.29) is 11.8 Å². The summed E-state index contributed by atoms with van der Waals surface area (Å²) in [5, 5.41) is 2.92. The summed E-state index contributed by atoms with van der Waals surface area (Å²) in [6, 6.07) is 2.79. The second-order valence-corrected chi connectivity index (χ2v) is 6.92. The Morgan fingerprint density at radius 2 is 2.17 bits per heavy atom. The number of nitrogens with zero attached hydrogens (tertiary/aromatic N) is 2. The van der Waals surface area contributed by atoms with E-state index in [4.69, 9.17) is 0 Å². The summed E-state index contributed by atoms with van der Waals surface area (Å²) < 4.78 is 13.8. The number of halogens is 1. The molecule has 2 atom stereocenters. The lowest BCUT2D eigenvalue weighted by Gasteiger charge is -2.28. The Kier molecular flexibility index (Phi) is 5.13. The molecule has 0 aromatic carbocycles. The number of carbonyl (C=O) groups excluding carboxylic acids is 1. The third kappa shape index (κ3) is 3.82. The molecule has 1 saturated heterocycles. The molecule has 2 amide bonds. The minimum atomic E-state index is -0.420. The van der Waals surface area contributed by atoms with E-state index < -0.39 is 6.04 Å². The molecule has 1 N–H and O–H groups in total. The van der Waals surface area contributed by atoms with Gasteiger partial charge in [-0.05, 0) is 44.2 Å². The second-order valence-electron chi connectivity index (χ2n) is 6.92. The molecule has 3 rings (SSSR count). The molecule has 1 aromatic heterocycles. The first-order valence-electron chi connectivity index (χ1n) is 8.82. The van der Waals surface area contributed by atoms with E-state index in [1.165, 1.54) is 31.7 Å². The van der Waals surface area contributed by atoms with Gasteiger partial charge in [-0.15, -0.1) is 0 Å². The van der Waals surface area contributed by atoms with Gasteiger partial charge >= 0.3 is 6.03 Å². The van der Waals surface area contributed by atoms with Gasteiger partial charge in [0.15, 0.2) is 0 Å². The summed E-state index contributed by atoms with van der Waals surface area (Å²) in [7, 11) is 0. The van der Waals surface area contributed by atoms with Crippen LogP contribution in [0.5, 0.6) is 0 Å². The highest BCUT2D eigenvalue weighted by molar-refractivity contribution is 5.75. The van der Waals surface area contributed by atoms with Crippen molar-refractivity contribution in [2.24, 2.45) is 5.92 Å². The molecule has 2 heterocycles. The standard InChI is InChI=1S/C18H26FN3O/c1-13(17-16(19)9-4-10-20-17)21-18(23)22-11-5-8-15(22)12-14-6-2-3-7-14/h4,9-10,13-15H,2-3,5-8,11-12H2,1H3,(H,21,23)/t13-,15?/m0/s1. The van der Waals surface area contributed by atoms with Crippen molar-refractivity contribution in [2.45, 2.75) is 64.0 Å². The van der Waals surface area contributed by atoms with Crippen LogP contribution in [-0.2, 0) is 0 Å². The quantitative estimate of drug-likeness (QED) is 0.910. The first-order chi connectivity index (χ1) is 11.1. The van der Waals surface area contributed by atoms with Crippen LogP contribution in [0.25, 0.3) is 0 Å². The average molecular weight is 319 g/mol. The van der Waals surface area contributed by atoms with Crippen molar-refractivity contribution < 1.29 is 9.18 Å². The number of pyridine rings is 1. The van der Waals surface area contributed by atoms with Gasteiger partial charge in [-0.3, -0.25) is 4.98 Å². The van der Waals surface area contributed by atoms with E-state index in [1.807, 2.05) is 4.90 Å². The van der Waals surface area contributed by atoms with Gasteiger partial charge in [0.1, 0.15) is 5.82 Å². The molecule has 1 aliphatic heterocycles. The average Bonchev–Trinajstić information content (AvgIpc) is 3.19. The molecular weight excluding hydrogens is 293 g/mol. The highest BCUT2D eigenvalue weighted by atomic mass is 19.1. The number of rotatable bonds is 4. The number of likely N-dealkylation sites (tertiary alicyclic amines) is 1. The Hall–Kier alpha value is -1.65. The van der Waals surface area contributed by atoms with E-state index >= 15 is 0 Å². The number of hydrogen-bond acceptors (Lipinski definition) is 2. The van der Waals surface area contributed by atoms with Crippen LogP contribution in [0.3, 0.4) is 0 Å². The molecule has 126 valence electrons. The van der Waals surface area contributed by atoms with Crippen LogP contribution in [0.15, 0.2) is 18.3 Å². The minimum absolute atomic E-state index is 0.0805. The summed E-state index contributed by atoms with van der Waals surface area (Å²) in [5.74, 6) is 0.406. The maximum atomic E-state index is 13.8. The maximum absolute atomic E-state index is 13.8. The monoisotopic (exact) mass is 319 g/mol. The van der Waals surface area contributed by atoms with Crippen LogP contribution in [0.1, 0.15) is 63.6 Å². The van der Waals surface area contributed by atoms with Gasteiger partial charge in [-0.2, -0.15) is 0 Å². The Bertz CT molecular complexity index is 545. The maximum Gasteiger partial charge on any atom is 0.318 e. The summed E-state index contributed by atoms with van der Waals surface area (Å²) in [4.78, 5) is 18.6. The number of carbonyl (C=O) groups is 1. The van der Waals surface area contributed by atoms with Gasteiger partial charge in [-0.1, -0.05) is 25.7 Å². The van der Waals surface area contributed by atoms with Gasteiger partial charge in [0.05, 0.1) is 11.7 Å². The summed E-state index contributed by atoms with van der Waals surface area (Å²) in [5.41, 5.74) is 0.299. The fourth-order valence-corrected chi connectivity index (χ4v) is 4.03. The Morgan fingerprint density at radius 1 is 1.39 bits per heavy atom. The van der Waals surface area contributed by atoms with Gasteiger partial charge in [0, 0.05) is 18.8 Å². The van der Waals surface area contributed by atoms with E-state index in [0.29, 0.717) is 11.7 Å². The Morgan fingerprint density at radius 3 is 2.91 bits per heavy atom. The predicted molar refractivity (Wildman–Crippen MR) is 87.4 cm³/mol. The molecule has 0 radical (unpaired) electrons. The lowest BCUT2D eigenvalue weighted by atomic mass is 9.97. The Balaban J connectivity index is 1.59. The molecule has 2 aliphatic rings. The lowest BCUT2D eigenvalue weighted by molar-refractivity contribution is 0.180. The highest BCUT2D eigenvalue weighted by Crippen LogP contribution is 2.33. The van der Waals surface area contributed by atoms with Gasteiger partial charge < -0.3 is 10.2 Å². The van der Waals surface area contributed by atoms with Crippen LogP contribution in [0.2, 0.25) is 0 Å². The number of urea groups is 1. The third-order valence-electron chi connectivity index (χ3n) is 5.26. The molecular formula is C18H26FN3O. The van der Waals surface area contributed by atoms with Crippen LogP contribution < -0.4 is 5.32 Å². The fourth-order valence-electron chi connectivity index (χ4n) is 4.03. The second kappa shape index (κ2) is 7.28. The highest BCUT2D eigenvalue weighted by Gasteiger charge is 2.32. The first kappa shape index (κ1) is 16.2. The first-order valence-corrected chi connectivity index (χ1v) is 8.82. The van der Waals surface area contributed by atoms with Gasteiger partial charge in [0.2, 0.25) is 0 Å². The van der Waals surface area contributed by atoms with Crippen LogP contribution in [0, 0.1) is 11.7 Å². The largest absolute Gasteiger partial charge is 0.330 e.